The number of nitrogens with two attached hydrogens (primary N) is 1. The smallest absolute Gasteiger partial charge is 0.109 e. The summed E-state index contributed by atoms with van der Waals surface area (Å²) < 4.78 is 22.5. The second kappa shape index (κ2) is 5.57. The molecule has 62 valence electrons. The summed E-state index contributed by atoms with van der Waals surface area (Å²) in [6.07, 6.45) is 2.13. The molecule has 0 aliphatic heterocycles. The third-order valence-corrected chi connectivity index (χ3v) is 0.790. The molecule has 0 spiro atoms. The van der Waals surface area contributed by atoms with Crippen molar-refractivity contribution in [3.63, 3.8) is 0 Å². The van der Waals surface area contributed by atoms with Crippen LogP contribution in [0.4, 0.5) is 0 Å². The number of hydrazone groups is 1. The van der Waals surface area contributed by atoms with Crippen LogP contribution in [-0.4, -0.2) is 21.2 Å². The van der Waals surface area contributed by atoms with E-state index in [2.05, 4.69) is 21.5 Å². The fraction of sp³-hybridized carbons (Fsp3) is 0. The molecular weight excluding hydrogens is 168 g/mol. The Morgan fingerprint density at radius 2 is 2.36 bits per heavy atom. The Balaban J connectivity index is 3.60. The molecule has 0 radical (unpaired) electrons. The van der Waals surface area contributed by atoms with E-state index in [-0.39, 0.29) is 5.82 Å². The van der Waals surface area contributed by atoms with Crippen LogP contribution in [0.25, 0.3) is 0 Å². The van der Waals surface area contributed by atoms with Gasteiger partial charge in [-0.3, -0.25) is 9.63 Å². The Kier molecular flexibility index (Phi) is 4.95. The van der Waals surface area contributed by atoms with Gasteiger partial charge in [0.05, 0.1) is 23.7 Å². The first kappa shape index (κ1) is 9.79. The van der Waals surface area contributed by atoms with Crippen molar-refractivity contribution in [3.05, 3.63) is 12.4 Å². The van der Waals surface area contributed by atoms with Crippen molar-refractivity contribution < 1.29 is 8.76 Å². The minimum absolute atomic E-state index is 0.165. The lowest BCUT2D eigenvalue weighted by Crippen LogP contribution is -2.12. The minimum Gasteiger partial charge on any atom is -0.754 e. The molecule has 0 fully saturated rings. The first-order chi connectivity index (χ1) is 5.13. The fourth-order valence-electron chi connectivity index (χ4n) is 0.230. The molecule has 6 nitrogen and oxygen atoms in total. The highest BCUT2D eigenvalue weighted by atomic mass is 32.2. The normalized spacial score (nSPS) is 13.9. The molecular formula is C4H7N4O2S-. The molecule has 0 saturated heterocycles. The third-order valence-electron chi connectivity index (χ3n) is 0.496. The summed E-state index contributed by atoms with van der Waals surface area (Å²) in [7, 11) is 0. The predicted molar refractivity (Wildman–Crippen MR) is 42.4 cm³/mol. The van der Waals surface area contributed by atoms with Crippen LogP contribution >= 0.6 is 0 Å². The van der Waals surface area contributed by atoms with Crippen LogP contribution < -0.4 is 11.2 Å². The zero-order chi connectivity index (χ0) is 8.69. The summed E-state index contributed by atoms with van der Waals surface area (Å²) in [6.45, 7) is 3.27. The van der Waals surface area contributed by atoms with Crippen molar-refractivity contribution in [2.75, 3.05) is 0 Å². The average molecular weight is 175 g/mol. The minimum atomic E-state index is -2.43. The van der Waals surface area contributed by atoms with Crippen molar-refractivity contribution in [3.8, 4) is 0 Å². The number of nitrogens with zero attached hydrogens (tertiary/aromatic N) is 2. The van der Waals surface area contributed by atoms with Crippen molar-refractivity contribution in [1.29, 1.82) is 0 Å². The van der Waals surface area contributed by atoms with E-state index >= 15 is 0 Å². The maximum absolute atomic E-state index is 9.77. The van der Waals surface area contributed by atoms with Gasteiger partial charge in [-0.25, -0.2) is 4.40 Å². The molecule has 11 heavy (non-hydrogen) atoms. The van der Waals surface area contributed by atoms with Crippen LogP contribution in [0.2, 0.25) is 0 Å². The van der Waals surface area contributed by atoms with Crippen LogP contribution in [0.15, 0.2) is 21.9 Å². The van der Waals surface area contributed by atoms with E-state index in [1.54, 1.807) is 0 Å². The molecule has 0 rings (SSSR count). The van der Waals surface area contributed by atoms with Gasteiger partial charge in [-0.2, -0.15) is 5.10 Å². The van der Waals surface area contributed by atoms with Gasteiger partial charge in [-0.1, -0.05) is 6.58 Å². The number of hydrogen-bond donors (Lipinski definition) is 2. The van der Waals surface area contributed by atoms with Gasteiger partial charge in [0.1, 0.15) is 5.82 Å². The first-order valence-corrected chi connectivity index (χ1v) is 3.51. The van der Waals surface area contributed by atoms with Crippen molar-refractivity contribution in [2.24, 2.45) is 15.2 Å². The molecule has 0 heterocycles. The molecule has 0 aromatic heterocycles. The van der Waals surface area contributed by atoms with Crippen molar-refractivity contribution in [2.45, 2.75) is 0 Å². The maximum atomic E-state index is 9.77. The summed E-state index contributed by atoms with van der Waals surface area (Å²) in [5, 5.41) is 3.42. The first-order valence-electron chi connectivity index (χ1n) is 2.48. The summed E-state index contributed by atoms with van der Waals surface area (Å²) in [6, 6.07) is 0. The molecule has 0 aliphatic carbocycles. The topological polar surface area (TPSA) is 103 Å². The molecule has 7 heteroatoms. The Labute approximate surface area is 66.3 Å². The van der Waals surface area contributed by atoms with Gasteiger partial charge in [0.15, 0.2) is 0 Å². The van der Waals surface area contributed by atoms with E-state index in [4.69, 9.17) is 5.73 Å². The zero-order valence-electron chi connectivity index (χ0n) is 5.56. The summed E-state index contributed by atoms with van der Waals surface area (Å²) >= 11 is -2.43. The van der Waals surface area contributed by atoms with E-state index < -0.39 is 11.3 Å². The monoisotopic (exact) mass is 175 g/mol. The molecule has 0 bridgehead atoms. The fourth-order valence-corrected chi connectivity index (χ4v) is 0.384. The maximum Gasteiger partial charge on any atom is 0.109 e. The standard InChI is InChI=1S/C4H8N4O2S/c1-4(5)8-6-2-3-7-11(9)10/h2-3,8H,1,5H2,(H,9,10)/p-1/b6-2+,7-3-. The summed E-state index contributed by atoms with van der Waals surface area (Å²) in [4.78, 5) is 0. The lowest BCUT2D eigenvalue weighted by molar-refractivity contribution is 0.539. The second-order valence-electron chi connectivity index (χ2n) is 1.39. The van der Waals surface area contributed by atoms with Crippen molar-refractivity contribution >= 4 is 23.7 Å². The Hall–Kier alpha value is -1.21. The molecule has 0 aromatic rings. The van der Waals surface area contributed by atoms with Crippen LogP contribution in [0.3, 0.4) is 0 Å². The van der Waals surface area contributed by atoms with E-state index in [1.165, 1.54) is 0 Å². The highest BCUT2D eigenvalue weighted by molar-refractivity contribution is 7.77. The van der Waals surface area contributed by atoms with Gasteiger partial charge in [0, 0.05) is 0 Å². The lowest BCUT2D eigenvalue weighted by atomic mass is 10.8. The molecule has 3 N–H and O–H groups in total. The number of hydrogen-bond acceptors (Lipinski definition) is 5. The third kappa shape index (κ3) is 8.79. The van der Waals surface area contributed by atoms with E-state index in [0.717, 1.165) is 12.4 Å². The predicted octanol–water partition coefficient (Wildman–Crippen LogP) is -1.14. The molecule has 0 aliphatic rings. The summed E-state index contributed by atoms with van der Waals surface area (Å²) in [5.41, 5.74) is 7.33. The lowest BCUT2D eigenvalue weighted by Gasteiger charge is -1.93. The van der Waals surface area contributed by atoms with E-state index in [0.29, 0.717) is 0 Å². The quantitative estimate of drug-likeness (QED) is 0.320. The Morgan fingerprint density at radius 3 is 2.82 bits per heavy atom. The van der Waals surface area contributed by atoms with Gasteiger partial charge in [0.25, 0.3) is 0 Å². The SMILES string of the molecule is C=C(N)N/N=C/C=N\S(=O)[O-]. The largest absolute Gasteiger partial charge is 0.754 e. The van der Waals surface area contributed by atoms with Crippen LogP contribution in [0, 0.1) is 0 Å². The number of rotatable bonds is 4. The van der Waals surface area contributed by atoms with E-state index in [1.807, 2.05) is 0 Å². The second-order valence-corrected chi connectivity index (χ2v) is 2.03. The van der Waals surface area contributed by atoms with Crippen LogP contribution in [-0.2, 0) is 11.3 Å². The van der Waals surface area contributed by atoms with Gasteiger partial charge < -0.3 is 10.3 Å². The molecule has 1 atom stereocenters. The zero-order valence-corrected chi connectivity index (χ0v) is 6.37. The molecule has 0 aromatic carbocycles. The highest BCUT2D eigenvalue weighted by Gasteiger charge is 1.72. The average Bonchev–Trinajstić information content (AvgIpc) is 1.85. The van der Waals surface area contributed by atoms with Gasteiger partial charge in [0.2, 0.25) is 0 Å². The van der Waals surface area contributed by atoms with E-state index in [9.17, 15) is 8.76 Å². The van der Waals surface area contributed by atoms with Gasteiger partial charge >= 0.3 is 0 Å². The Bertz CT molecular complexity index is 212. The summed E-state index contributed by atoms with van der Waals surface area (Å²) in [5.74, 6) is 0.165. The molecule has 1 unspecified atom stereocenters. The van der Waals surface area contributed by atoms with Crippen LogP contribution in [0.5, 0.6) is 0 Å². The van der Waals surface area contributed by atoms with Gasteiger partial charge in [-0.15, -0.1) is 0 Å². The molecule has 0 amide bonds. The molecule has 0 saturated carbocycles. The number of nitrogens with one attached hydrogen (secondary N) is 1. The Morgan fingerprint density at radius 1 is 1.73 bits per heavy atom. The highest BCUT2D eigenvalue weighted by Crippen LogP contribution is 1.69. The van der Waals surface area contributed by atoms with Crippen molar-refractivity contribution in [1.82, 2.24) is 5.43 Å². The van der Waals surface area contributed by atoms with Gasteiger partial charge in [-0.05, 0) is 0 Å². The van der Waals surface area contributed by atoms with Crippen LogP contribution in [0.1, 0.15) is 0 Å².